The maximum Gasteiger partial charge on any atom is 0.106 e. The van der Waals surface area contributed by atoms with E-state index in [0.29, 0.717) is 23.7 Å². The zero-order valence-electron chi connectivity index (χ0n) is 10.7. The minimum atomic E-state index is 0.505. The van der Waals surface area contributed by atoms with Gasteiger partial charge in [0.05, 0.1) is 18.3 Å². The molecular weight excluding hydrogens is 453 g/mol. The van der Waals surface area contributed by atoms with Gasteiger partial charge in [-0.25, -0.2) is 0 Å². The van der Waals surface area contributed by atoms with Crippen molar-refractivity contribution >= 4 is 126 Å². The molecule has 0 aromatic rings. The van der Waals surface area contributed by atoms with Crippen LogP contribution in [0.1, 0.15) is 0 Å². The van der Waals surface area contributed by atoms with E-state index >= 15 is 0 Å². The van der Waals surface area contributed by atoms with E-state index in [1.165, 1.54) is 23.0 Å². The van der Waals surface area contributed by atoms with Crippen LogP contribution >= 0.6 is 119 Å². The fourth-order valence-corrected chi connectivity index (χ4v) is 19.0. The Labute approximate surface area is 170 Å². The minimum Gasteiger partial charge on any atom is -0.144 e. The topological polar surface area (TPSA) is 0 Å². The van der Waals surface area contributed by atoms with E-state index in [9.17, 15) is 0 Å². The molecule has 4 atom stereocenters. The lowest BCUT2D eigenvalue weighted by Gasteiger charge is -2.30. The Bertz CT molecular complexity index is 382. The van der Waals surface area contributed by atoms with Crippen LogP contribution in [0.15, 0.2) is 0 Å². The van der Waals surface area contributed by atoms with Crippen molar-refractivity contribution in [2.75, 3.05) is 23.0 Å². The van der Waals surface area contributed by atoms with E-state index < -0.39 is 0 Å². The normalized spacial score (nSPS) is 47.0. The Kier molecular flexibility index (Phi) is 6.05. The molecule has 4 saturated heterocycles. The van der Waals surface area contributed by atoms with Crippen LogP contribution in [0.2, 0.25) is 0 Å². The van der Waals surface area contributed by atoms with Crippen LogP contribution in [-0.4, -0.2) is 48.4 Å². The van der Waals surface area contributed by atoms with E-state index in [0.717, 1.165) is 7.06 Å². The molecule has 4 rings (SSSR count). The van der Waals surface area contributed by atoms with E-state index in [-0.39, 0.29) is 0 Å². The molecule has 0 radical (unpaired) electrons. The van der Waals surface area contributed by atoms with Crippen molar-refractivity contribution < 1.29 is 0 Å². The second-order valence-electron chi connectivity index (χ2n) is 5.19. The third kappa shape index (κ3) is 3.89. The van der Waals surface area contributed by atoms with Crippen LogP contribution in [0.3, 0.4) is 0 Å². The first-order valence-corrected chi connectivity index (χ1v) is 14.9. The Morgan fingerprint density at radius 2 is 0.905 bits per heavy atom. The average Bonchev–Trinajstić information content (AvgIpc) is 2.90. The average molecular weight is 465 g/mol. The highest BCUT2D eigenvalue weighted by molar-refractivity contribution is 8.55. The second-order valence-corrected chi connectivity index (χ2v) is 17.9. The van der Waals surface area contributed by atoms with Gasteiger partial charge in [0.25, 0.3) is 0 Å². The largest absolute Gasteiger partial charge is 0.144 e. The molecule has 4 aliphatic heterocycles. The number of hydrogen-bond donors (Lipinski definition) is 0. The molecule has 4 unspecified atom stereocenters. The van der Waals surface area contributed by atoms with Crippen molar-refractivity contribution in [2.24, 2.45) is 5.41 Å². The predicted molar refractivity (Wildman–Crippen MR) is 123 cm³/mol. The molecule has 0 nitrogen and oxygen atoms in total. The molecule has 4 heterocycles. The number of thioether (sulfide) groups is 8. The zero-order chi connectivity index (χ0) is 14.4. The first-order valence-electron chi connectivity index (χ1n) is 6.35. The van der Waals surface area contributed by atoms with Crippen LogP contribution < -0.4 is 0 Å². The summed E-state index contributed by atoms with van der Waals surface area (Å²) in [4.78, 5) is 0. The fourth-order valence-electron chi connectivity index (χ4n) is 2.39. The lowest BCUT2D eigenvalue weighted by molar-refractivity contribution is 0.518. The Hall–Kier alpha value is 2.98. The van der Waals surface area contributed by atoms with Crippen LogP contribution in [0.25, 0.3) is 0 Å². The summed E-state index contributed by atoms with van der Waals surface area (Å²) in [5.41, 5.74) is 0.505. The molecule has 0 aromatic carbocycles. The van der Waals surface area contributed by atoms with Gasteiger partial charge in [-0.2, -0.15) is 0 Å². The lowest BCUT2D eigenvalue weighted by atomic mass is 9.99. The third-order valence-corrected chi connectivity index (χ3v) is 18.3. The van der Waals surface area contributed by atoms with Crippen molar-refractivity contribution in [3.8, 4) is 0 Å². The molecule has 116 valence electrons. The first kappa shape index (κ1) is 17.4. The van der Waals surface area contributed by atoms with Gasteiger partial charge in [-0.15, -0.1) is 47.0 Å². The van der Waals surface area contributed by atoms with Crippen molar-refractivity contribution in [1.29, 1.82) is 0 Å². The maximum absolute atomic E-state index is 5.39. The van der Waals surface area contributed by atoms with Crippen LogP contribution in [-0.2, 0) is 0 Å². The third-order valence-electron chi connectivity index (χ3n) is 3.51. The summed E-state index contributed by atoms with van der Waals surface area (Å²) < 4.78 is 5.03. The minimum absolute atomic E-state index is 0.505. The SMILES string of the molecule is S=C1SC2SCC3(CSC2S1)CSC1SC(=S)SC1SC3. The Balaban J connectivity index is 1.44. The summed E-state index contributed by atoms with van der Waals surface area (Å²) in [6, 6.07) is 0. The Morgan fingerprint density at radius 3 is 1.19 bits per heavy atom. The van der Waals surface area contributed by atoms with E-state index in [1.54, 1.807) is 0 Å². The van der Waals surface area contributed by atoms with Crippen molar-refractivity contribution in [2.45, 2.75) is 18.3 Å². The smallest absolute Gasteiger partial charge is 0.106 e. The molecule has 0 aliphatic carbocycles. The Morgan fingerprint density at radius 1 is 0.619 bits per heavy atom. The molecule has 4 aliphatic rings. The highest BCUT2D eigenvalue weighted by Gasteiger charge is 2.46. The van der Waals surface area contributed by atoms with Crippen LogP contribution in [0, 0.1) is 5.41 Å². The molecule has 1 spiro atoms. The molecule has 21 heavy (non-hydrogen) atoms. The summed E-state index contributed by atoms with van der Waals surface area (Å²) in [7, 11) is 0. The van der Waals surface area contributed by atoms with E-state index in [1.807, 2.05) is 47.0 Å². The van der Waals surface area contributed by atoms with Gasteiger partial charge in [-0.3, -0.25) is 0 Å². The van der Waals surface area contributed by atoms with Gasteiger partial charge in [-0.1, -0.05) is 71.5 Å². The van der Waals surface area contributed by atoms with Crippen molar-refractivity contribution in [3.05, 3.63) is 0 Å². The molecule has 0 bridgehead atoms. The molecule has 0 amide bonds. The second kappa shape index (κ2) is 7.31. The number of thiocarbonyl (C=S) groups is 2. The van der Waals surface area contributed by atoms with Crippen molar-refractivity contribution in [1.82, 2.24) is 0 Å². The van der Waals surface area contributed by atoms with E-state index in [4.69, 9.17) is 24.4 Å². The number of rotatable bonds is 0. The van der Waals surface area contributed by atoms with Crippen LogP contribution in [0.4, 0.5) is 0 Å². The van der Waals surface area contributed by atoms with Gasteiger partial charge in [0.1, 0.15) is 7.06 Å². The monoisotopic (exact) mass is 464 g/mol. The maximum atomic E-state index is 5.39. The summed E-state index contributed by atoms with van der Waals surface area (Å²) in [5, 5.41) is 0. The molecule has 0 N–H and O–H groups in total. The lowest BCUT2D eigenvalue weighted by Crippen LogP contribution is -2.32. The highest BCUT2D eigenvalue weighted by atomic mass is 32.3. The first-order chi connectivity index (χ1) is 10.1. The summed E-state index contributed by atoms with van der Waals surface area (Å²) in [6.45, 7) is 0. The number of fused-ring (bicyclic) bond motifs is 2. The molecule has 10 heteroatoms. The number of hydrogen-bond acceptors (Lipinski definition) is 10. The van der Waals surface area contributed by atoms with E-state index in [2.05, 4.69) is 47.0 Å². The highest BCUT2D eigenvalue weighted by Crippen LogP contribution is 2.59. The molecular formula is C11H12S10. The summed E-state index contributed by atoms with van der Waals surface area (Å²) in [5.74, 6) is 5.21. The fraction of sp³-hybridized carbons (Fsp3) is 0.818. The van der Waals surface area contributed by atoms with Crippen LogP contribution in [0.5, 0.6) is 0 Å². The van der Waals surface area contributed by atoms with Crippen molar-refractivity contribution in [3.63, 3.8) is 0 Å². The predicted octanol–water partition coefficient (Wildman–Crippen LogP) is 5.77. The van der Waals surface area contributed by atoms with Gasteiger partial charge < -0.3 is 0 Å². The van der Waals surface area contributed by atoms with Gasteiger partial charge in [0.2, 0.25) is 0 Å². The summed E-state index contributed by atoms with van der Waals surface area (Å²) in [6.07, 6.45) is 0. The quantitative estimate of drug-likeness (QED) is 0.403. The van der Waals surface area contributed by atoms with Gasteiger partial charge in [0.15, 0.2) is 0 Å². The molecule has 4 fully saturated rings. The van der Waals surface area contributed by atoms with Gasteiger partial charge in [-0.05, 0) is 0 Å². The molecule has 0 aromatic heterocycles. The zero-order valence-corrected chi connectivity index (χ0v) is 18.9. The summed E-state index contributed by atoms with van der Waals surface area (Å²) >= 11 is 27.2. The standard InChI is InChI=1S/C11H12S10/c12-9-18-5-6(19-9)15-2-11(1-14-5)3-16-7-8(17-4-11)21-10(13)20-7/h5-8H,1-4H2. The van der Waals surface area contributed by atoms with Gasteiger partial charge >= 0.3 is 0 Å². The molecule has 0 saturated carbocycles. The van der Waals surface area contributed by atoms with Gasteiger partial charge in [0, 0.05) is 28.4 Å².